The molecule has 3 aliphatic rings. The lowest BCUT2D eigenvalue weighted by atomic mass is 9.74. The van der Waals surface area contributed by atoms with E-state index >= 15 is 0 Å². The van der Waals surface area contributed by atoms with Crippen molar-refractivity contribution in [3.63, 3.8) is 0 Å². The molecule has 3 atom stereocenters. The van der Waals surface area contributed by atoms with Crippen molar-refractivity contribution in [2.75, 3.05) is 33.7 Å². The number of allylic oxidation sites excluding steroid dienone is 6. The first kappa shape index (κ1) is 23.3. The van der Waals surface area contributed by atoms with Crippen LogP contribution in [-0.2, 0) is 0 Å². The number of amides is 2. The Hall–Kier alpha value is -2.40. The smallest absolute Gasteiger partial charge is 0.318 e. The number of piperidine rings is 1. The second kappa shape index (κ2) is 11.3. The summed E-state index contributed by atoms with van der Waals surface area (Å²) in [5.74, 6) is 0.955. The van der Waals surface area contributed by atoms with E-state index < -0.39 is 0 Å². The van der Waals surface area contributed by atoms with Crippen molar-refractivity contribution in [1.82, 2.24) is 15.1 Å². The van der Waals surface area contributed by atoms with Gasteiger partial charge in [-0.05, 0) is 75.9 Å². The predicted molar refractivity (Wildman–Crippen MR) is 130 cm³/mol. The highest BCUT2D eigenvalue weighted by Crippen LogP contribution is 2.35. The van der Waals surface area contributed by atoms with Gasteiger partial charge in [0.15, 0.2) is 0 Å². The van der Waals surface area contributed by atoms with E-state index in [0.717, 1.165) is 37.9 Å². The molecule has 2 amide bonds. The van der Waals surface area contributed by atoms with E-state index in [1.54, 1.807) is 13.3 Å². The third kappa shape index (κ3) is 6.30. The molecule has 1 heterocycles. The topological polar surface area (TPSA) is 47.9 Å². The Bertz CT molecular complexity index is 783. The average Bonchev–Trinajstić information content (AvgIpc) is 2.78. The van der Waals surface area contributed by atoms with Gasteiger partial charge in [-0.15, -0.1) is 0 Å². The lowest BCUT2D eigenvalue weighted by Gasteiger charge is -2.39. The van der Waals surface area contributed by atoms with Crippen LogP contribution < -0.4 is 5.32 Å². The van der Waals surface area contributed by atoms with Gasteiger partial charge in [0.2, 0.25) is 0 Å². The van der Waals surface area contributed by atoms with Gasteiger partial charge in [0.1, 0.15) is 0 Å². The number of nitrogens with zero attached hydrogens (tertiary/aromatic N) is 3. The molecule has 0 aromatic carbocycles. The fraction of sp³-hybridized carbons (Fsp3) is 0.538. The van der Waals surface area contributed by atoms with Crippen molar-refractivity contribution in [2.24, 2.45) is 16.8 Å². The minimum absolute atomic E-state index is 0.00232. The monoisotopic (exact) mass is 422 g/mol. The maximum atomic E-state index is 13.4. The maximum absolute atomic E-state index is 13.4. The summed E-state index contributed by atoms with van der Waals surface area (Å²) in [4.78, 5) is 21.7. The van der Waals surface area contributed by atoms with E-state index in [-0.39, 0.29) is 18.1 Å². The fourth-order valence-corrected chi connectivity index (χ4v) is 4.84. The molecule has 0 saturated carbocycles. The zero-order chi connectivity index (χ0) is 22.2. The van der Waals surface area contributed by atoms with Gasteiger partial charge in [-0.25, -0.2) is 4.79 Å². The highest BCUT2D eigenvalue weighted by molar-refractivity contribution is 5.76. The summed E-state index contributed by atoms with van der Waals surface area (Å²) in [7, 11) is 3.89. The van der Waals surface area contributed by atoms with Crippen LogP contribution in [0.5, 0.6) is 0 Å². The molecule has 1 fully saturated rings. The Balaban J connectivity index is 1.70. The summed E-state index contributed by atoms with van der Waals surface area (Å²) in [6, 6.07) is 0.237. The quantitative estimate of drug-likeness (QED) is 0.376. The second-order valence-electron chi connectivity index (χ2n) is 9.00. The third-order valence-corrected chi connectivity index (χ3v) is 6.67. The SMILES string of the molecule is C=C(/C=C\C=NC)CN(C(=O)NC(C)C1=CC=CC2CCC=CC12)C1CCN(C)CC1. The molecule has 31 heavy (non-hydrogen) atoms. The summed E-state index contributed by atoms with van der Waals surface area (Å²) in [6.45, 7) is 8.84. The lowest BCUT2D eigenvalue weighted by Crippen LogP contribution is -2.53. The number of urea groups is 1. The van der Waals surface area contributed by atoms with E-state index in [9.17, 15) is 4.79 Å². The van der Waals surface area contributed by atoms with Gasteiger partial charge in [0, 0.05) is 37.8 Å². The van der Waals surface area contributed by atoms with Crippen molar-refractivity contribution in [1.29, 1.82) is 0 Å². The van der Waals surface area contributed by atoms with Crippen LogP contribution in [0.2, 0.25) is 0 Å². The molecule has 1 aliphatic heterocycles. The number of rotatable bonds is 7. The minimum atomic E-state index is -0.00232. The Morgan fingerprint density at radius 1 is 1.35 bits per heavy atom. The summed E-state index contributed by atoms with van der Waals surface area (Å²) in [5, 5.41) is 3.31. The van der Waals surface area contributed by atoms with Crippen LogP contribution in [0.15, 0.2) is 65.2 Å². The number of carbonyl (C=O) groups excluding carboxylic acids is 1. The van der Waals surface area contributed by atoms with Crippen molar-refractivity contribution >= 4 is 12.2 Å². The molecule has 1 saturated heterocycles. The number of likely N-dealkylation sites (tertiary alicyclic amines) is 1. The average molecular weight is 423 g/mol. The van der Waals surface area contributed by atoms with Gasteiger partial charge >= 0.3 is 6.03 Å². The van der Waals surface area contributed by atoms with Crippen LogP contribution in [0.25, 0.3) is 0 Å². The first-order valence-electron chi connectivity index (χ1n) is 11.6. The Morgan fingerprint density at radius 2 is 2.13 bits per heavy atom. The van der Waals surface area contributed by atoms with Gasteiger partial charge in [0.25, 0.3) is 0 Å². The van der Waals surface area contributed by atoms with Crippen LogP contribution in [0.1, 0.15) is 32.6 Å². The van der Waals surface area contributed by atoms with Gasteiger partial charge in [0.05, 0.1) is 0 Å². The highest BCUT2D eigenvalue weighted by atomic mass is 16.2. The molecule has 0 aromatic heterocycles. The number of fused-ring (bicyclic) bond motifs is 1. The van der Waals surface area contributed by atoms with Crippen LogP contribution in [0, 0.1) is 11.8 Å². The minimum Gasteiger partial charge on any atom is -0.332 e. The van der Waals surface area contributed by atoms with Crippen molar-refractivity contribution in [3.05, 3.63) is 60.3 Å². The summed E-state index contributed by atoms with van der Waals surface area (Å²) < 4.78 is 0. The van der Waals surface area contributed by atoms with E-state index in [0.29, 0.717) is 18.4 Å². The van der Waals surface area contributed by atoms with E-state index in [4.69, 9.17) is 0 Å². The lowest BCUT2D eigenvalue weighted by molar-refractivity contribution is 0.136. The van der Waals surface area contributed by atoms with Crippen molar-refractivity contribution in [2.45, 2.75) is 44.7 Å². The molecule has 1 N–H and O–H groups in total. The molecule has 5 nitrogen and oxygen atoms in total. The van der Waals surface area contributed by atoms with Crippen molar-refractivity contribution in [3.8, 4) is 0 Å². The molecular formula is C26H38N4O. The molecule has 5 heteroatoms. The van der Waals surface area contributed by atoms with Crippen LogP contribution in [0.3, 0.4) is 0 Å². The van der Waals surface area contributed by atoms with Crippen molar-refractivity contribution < 1.29 is 4.79 Å². The summed E-state index contributed by atoms with van der Waals surface area (Å²) >= 11 is 0. The number of carbonyl (C=O) groups is 1. The number of hydrogen-bond acceptors (Lipinski definition) is 3. The molecule has 2 aliphatic carbocycles. The first-order valence-corrected chi connectivity index (χ1v) is 11.6. The maximum Gasteiger partial charge on any atom is 0.318 e. The zero-order valence-electron chi connectivity index (χ0n) is 19.3. The first-order chi connectivity index (χ1) is 15.0. The summed E-state index contributed by atoms with van der Waals surface area (Å²) in [6.07, 6.45) is 21.1. The van der Waals surface area contributed by atoms with Crippen LogP contribution >= 0.6 is 0 Å². The molecule has 0 spiro atoms. The highest BCUT2D eigenvalue weighted by Gasteiger charge is 2.31. The van der Waals surface area contributed by atoms with Gasteiger partial charge < -0.3 is 15.1 Å². The Kier molecular flexibility index (Phi) is 8.47. The molecule has 168 valence electrons. The van der Waals surface area contributed by atoms with E-state index in [1.165, 1.54) is 12.0 Å². The van der Waals surface area contributed by atoms with Gasteiger partial charge in [-0.3, -0.25) is 4.99 Å². The van der Waals surface area contributed by atoms with E-state index in [1.807, 2.05) is 17.1 Å². The standard InChI is InChI=1S/C26H38N4O/c1-20(9-8-16-27-3)19-30(23-14-17-29(4)18-15-23)26(31)28-21(2)24-13-7-11-22-10-5-6-12-25(22)24/h6-9,11-13,16,21-23,25H,1,5,10,14-15,17-19H2,2-4H3,(H,28,31)/b9-8-,27-16?. The van der Waals surface area contributed by atoms with Crippen LogP contribution in [-0.4, -0.2) is 67.9 Å². The number of nitrogens with one attached hydrogen (secondary N) is 1. The second-order valence-corrected chi connectivity index (χ2v) is 9.00. The van der Waals surface area contributed by atoms with Gasteiger partial charge in [-0.2, -0.15) is 0 Å². The zero-order valence-corrected chi connectivity index (χ0v) is 19.3. The normalized spacial score (nSPS) is 25.5. The molecule has 3 unspecified atom stereocenters. The summed E-state index contributed by atoms with van der Waals surface area (Å²) in [5.41, 5.74) is 2.22. The Morgan fingerprint density at radius 3 is 2.87 bits per heavy atom. The third-order valence-electron chi connectivity index (χ3n) is 6.67. The molecule has 0 aromatic rings. The molecular weight excluding hydrogens is 384 g/mol. The van der Waals surface area contributed by atoms with E-state index in [2.05, 4.69) is 66.1 Å². The number of hydrogen-bond donors (Lipinski definition) is 1. The van der Waals surface area contributed by atoms with Crippen LogP contribution in [0.4, 0.5) is 4.79 Å². The Labute approximate surface area is 188 Å². The molecule has 0 radical (unpaired) electrons. The molecule has 0 bridgehead atoms. The fourth-order valence-electron chi connectivity index (χ4n) is 4.84. The largest absolute Gasteiger partial charge is 0.332 e. The van der Waals surface area contributed by atoms with Gasteiger partial charge in [-0.1, -0.05) is 43.0 Å². The predicted octanol–water partition coefficient (Wildman–Crippen LogP) is 4.37. The molecule has 3 rings (SSSR count). The number of aliphatic imine (C=N–C) groups is 1.